The monoisotopic (exact) mass is 352 g/mol. The molecule has 2 fully saturated rings. The molecule has 0 aliphatic carbocycles. The van der Waals surface area contributed by atoms with Crippen molar-refractivity contribution in [2.24, 2.45) is 0 Å². The summed E-state index contributed by atoms with van der Waals surface area (Å²) in [4.78, 5) is 36.9. The van der Waals surface area contributed by atoms with Gasteiger partial charge in [-0.25, -0.2) is 8.42 Å². The molecular weight excluding hydrogens is 332 g/mol. The summed E-state index contributed by atoms with van der Waals surface area (Å²) in [5.74, 6) is -0.679. The van der Waals surface area contributed by atoms with Gasteiger partial charge in [0, 0.05) is 35.8 Å². The lowest BCUT2D eigenvalue weighted by molar-refractivity contribution is -0.137. The molecule has 130 valence electrons. The van der Waals surface area contributed by atoms with Gasteiger partial charge in [-0.15, -0.1) is 0 Å². The van der Waals surface area contributed by atoms with Crippen LogP contribution in [0.15, 0.2) is 6.07 Å². The van der Waals surface area contributed by atoms with E-state index in [1.165, 1.54) is 0 Å². The lowest BCUT2D eigenvalue weighted by Crippen LogP contribution is -2.34. The first-order valence-electron chi connectivity index (χ1n) is 7.95. The average molecular weight is 352 g/mol. The maximum Gasteiger partial charge on any atom is 0.230 e. The average Bonchev–Trinajstić information content (AvgIpc) is 3.10. The van der Waals surface area contributed by atoms with Crippen molar-refractivity contribution in [3.8, 4) is 0 Å². The number of carbonyl (C=O) groups excluding carboxylic acids is 3. The highest BCUT2D eigenvalue weighted by molar-refractivity contribution is 7.91. The van der Waals surface area contributed by atoms with Crippen LogP contribution in [0.2, 0.25) is 0 Å². The SMILES string of the molecule is Cc1cc(C(=O)CN2C(=O)CCC2=O)c(C)n1[C@@H]1CCS(=O)(=O)C1. The van der Waals surface area contributed by atoms with E-state index in [0.717, 1.165) is 10.6 Å². The van der Waals surface area contributed by atoms with Gasteiger partial charge in [0.05, 0.1) is 18.1 Å². The molecular formula is C16H20N2O5S. The molecule has 0 spiro atoms. The van der Waals surface area contributed by atoms with Crippen molar-refractivity contribution in [3.63, 3.8) is 0 Å². The van der Waals surface area contributed by atoms with Crippen LogP contribution in [-0.4, -0.2) is 53.5 Å². The van der Waals surface area contributed by atoms with Crippen molar-refractivity contribution >= 4 is 27.4 Å². The fourth-order valence-corrected chi connectivity index (χ4v) is 5.33. The number of carbonyl (C=O) groups is 3. The van der Waals surface area contributed by atoms with Gasteiger partial charge in [0.15, 0.2) is 15.6 Å². The zero-order chi connectivity index (χ0) is 17.6. The van der Waals surface area contributed by atoms with Crippen molar-refractivity contribution in [2.75, 3.05) is 18.1 Å². The number of ketones is 1. The second kappa shape index (κ2) is 5.84. The third-order valence-electron chi connectivity index (χ3n) is 4.81. The van der Waals surface area contributed by atoms with Crippen molar-refractivity contribution in [1.29, 1.82) is 0 Å². The van der Waals surface area contributed by atoms with E-state index in [1.54, 1.807) is 13.0 Å². The van der Waals surface area contributed by atoms with Crippen LogP contribution in [0.4, 0.5) is 0 Å². The van der Waals surface area contributed by atoms with E-state index in [2.05, 4.69) is 0 Å². The summed E-state index contributed by atoms with van der Waals surface area (Å²) in [6.45, 7) is 3.37. The van der Waals surface area contributed by atoms with Gasteiger partial charge >= 0.3 is 0 Å². The van der Waals surface area contributed by atoms with E-state index < -0.39 is 9.84 Å². The number of rotatable bonds is 4. The van der Waals surface area contributed by atoms with Crippen LogP contribution < -0.4 is 0 Å². The summed E-state index contributed by atoms with van der Waals surface area (Å²) in [7, 11) is -3.02. The molecule has 2 aliphatic rings. The molecule has 3 heterocycles. The summed E-state index contributed by atoms with van der Waals surface area (Å²) >= 11 is 0. The topological polar surface area (TPSA) is 93.5 Å². The molecule has 2 saturated heterocycles. The number of hydrogen-bond acceptors (Lipinski definition) is 5. The zero-order valence-electron chi connectivity index (χ0n) is 13.7. The lowest BCUT2D eigenvalue weighted by atomic mass is 10.1. The normalized spacial score (nSPS) is 23.2. The molecule has 0 N–H and O–H groups in total. The largest absolute Gasteiger partial charge is 0.344 e. The van der Waals surface area contributed by atoms with Crippen LogP contribution in [-0.2, 0) is 19.4 Å². The van der Waals surface area contributed by atoms with Gasteiger partial charge in [-0.3, -0.25) is 19.3 Å². The van der Waals surface area contributed by atoms with E-state index in [1.807, 2.05) is 11.5 Å². The maximum absolute atomic E-state index is 12.5. The van der Waals surface area contributed by atoms with E-state index in [-0.39, 0.29) is 54.5 Å². The molecule has 2 amide bonds. The predicted molar refractivity (Wildman–Crippen MR) is 86.5 cm³/mol. The van der Waals surface area contributed by atoms with Gasteiger partial charge < -0.3 is 4.57 Å². The Balaban J connectivity index is 1.85. The number of aromatic nitrogens is 1. The quantitative estimate of drug-likeness (QED) is 0.590. The molecule has 24 heavy (non-hydrogen) atoms. The standard InChI is InChI=1S/C16H20N2O5S/c1-10-7-13(14(19)8-17-15(20)3-4-16(17)21)11(2)18(10)12-5-6-24(22,23)9-12/h7,12H,3-6,8-9H2,1-2H3/t12-/m1/s1. The second-order valence-corrected chi connectivity index (χ2v) is 8.74. The first-order valence-corrected chi connectivity index (χ1v) is 9.77. The minimum absolute atomic E-state index is 0.0834. The number of aryl methyl sites for hydroxylation is 1. The van der Waals surface area contributed by atoms with E-state index >= 15 is 0 Å². The molecule has 0 bridgehead atoms. The third kappa shape index (κ3) is 2.90. The molecule has 0 unspecified atom stereocenters. The van der Waals surface area contributed by atoms with Crippen molar-refractivity contribution in [2.45, 2.75) is 39.2 Å². The number of Topliss-reactive ketones (excluding diaryl/α,β-unsaturated/α-hetero) is 1. The predicted octanol–water partition coefficient (Wildman–Crippen LogP) is 0.796. The lowest BCUT2D eigenvalue weighted by Gasteiger charge is -2.17. The van der Waals surface area contributed by atoms with Gasteiger partial charge in [-0.2, -0.15) is 0 Å². The Kier molecular flexibility index (Phi) is 4.11. The molecule has 3 rings (SSSR count). The highest BCUT2D eigenvalue weighted by atomic mass is 32.2. The Hall–Kier alpha value is -1.96. The highest BCUT2D eigenvalue weighted by Gasteiger charge is 2.34. The van der Waals surface area contributed by atoms with Crippen LogP contribution >= 0.6 is 0 Å². The maximum atomic E-state index is 12.5. The summed E-state index contributed by atoms with van der Waals surface area (Å²) in [6.07, 6.45) is 0.853. The number of hydrogen-bond donors (Lipinski definition) is 0. The molecule has 7 nitrogen and oxygen atoms in total. The van der Waals surface area contributed by atoms with Gasteiger partial charge in [0.1, 0.15) is 0 Å². The van der Waals surface area contributed by atoms with Crippen LogP contribution in [0.25, 0.3) is 0 Å². The smallest absolute Gasteiger partial charge is 0.230 e. The molecule has 1 aromatic rings. The Bertz CT molecular complexity index is 821. The molecule has 0 radical (unpaired) electrons. The minimum Gasteiger partial charge on any atom is -0.344 e. The van der Waals surface area contributed by atoms with Crippen LogP contribution in [0.5, 0.6) is 0 Å². The molecule has 8 heteroatoms. The molecule has 0 saturated carbocycles. The Labute approximate surface area is 140 Å². The Morgan fingerprint density at radius 3 is 2.38 bits per heavy atom. The van der Waals surface area contributed by atoms with Gasteiger partial charge in [-0.05, 0) is 26.3 Å². The zero-order valence-corrected chi connectivity index (χ0v) is 14.6. The van der Waals surface area contributed by atoms with Gasteiger partial charge in [-0.1, -0.05) is 0 Å². The Morgan fingerprint density at radius 1 is 1.21 bits per heavy atom. The van der Waals surface area contributed by atoms with E-state index in [4.69, 9.17) is 0 Å². The number of amides is 2. The van der Waals surface area contributed by atoms with Crippen molar-refractivity contribution < 1.29 is 22.8 Å². The summed E-state index contributed by atoms with van der Waals surface area (Å²) in [5.41, 5.74) is 1.96. The number of likely N-dealkylation sites (tertiary alicyclic amines) is 1. The highest BCUT2D eigenvalue weighted by Crippen LogP contribution is 2.29. The Morgan fingerprint density at radius 2 is 1.83 bits per heavy atom. The number of imide groups is 1. The summed E-state index contributed by atoms with van der Waals surface area (Å²) in [6, 6.07) is 1.56. The summed E-state index contributed by atoms with van der Waals surface area (Å²) < 4.78 is 25.3. The van der Waals surface area contributed by atoms with Crippen molar-refractivity contribution in [3.05, 3.63) is 23.0 Å². The molecule has 0 aromatic carbocycles. The second-order valence-electron chi connectivity index (χ2n) is 6.51. The first-order chi connectivity index (χ1) is 11.2. The summed E-state index contributed by atoms with van der Waals surface area (Å²) in [5, 5.41) is 0. The minimum atomic E-state index is -3.02. The first kappa shape index (κ1) is 16.9. The molecule has 2 aliphatic heterocycles. The van der Waals surface area contributed by atoms with Crippen LogP contribution in [0, 0.1) is 13.8 Å². The van der Waals surface area contributed by atoms with Crippen LogP contribution in [0.3, 0.4) is 0 Å². The fraction of sp³-hybridized carbons (Fsp3) is 0.562. The van der Waals surface area contributed by atoms with Gasteiger partial charge in [0.25, 0.3) is 0 Å². The van der Waals surface area contributed by atoms with Crippen molar-refractivity contribution in [1.82, 2.24) is 9.47 Å². The fourth-order valence-electron chi connectivity index (χ4n) is 3.63. The van der Waals surface area contributed by atoms with Gasteiger partial charge in [0.2, 0.25) is 11.8 Å². The number of nitrogens with zero attached hydrogens (tertiary/aromatic N) is 2. The van der Waals surface area contributed by atoms with E-state index in [0.29, 0.717) is 17.7 Å². The van der Waals surface area contributed by atoms with E-state index in [9.17, 15) is 22.8 Å². The molecule has 1 atom stereocenters. The molecule has 1 aromatic heterocycles. The number of sulfone groups is 1. The third-order valence-corrected chi connectivity index (χ3v) is 6.57. The van der Waals surface area contributed by atoms with Crippen LogP contribution in [0.1, 0.15) is 47.1 Å².